The number of halogens is 2. The first-order chi connectivity index (χ1) is 10.1. The van der Waals surface area contributed by atoms with E-state index in [0.29, 0.717) is 6.54 Å². The van der Waals surface area contributed by atoms with Gasteiger partial charge in [-0.1, -0.05) is 0 Å². The number of amides is 1. The number of carbonyl (C=O) groups excluding carboxylic acids is 1. The van der Waals surface area contributed by atoms with Crippen LogP contribution in [0.1, 0.15) is 12.8 Å². The van der Waals surface area contributed by atoms with Gasteiger partial charge in [-0.3, -0.25) is 14.9 Å². The Kier molecular flexibility index (Phi) is 7.00. The van der Waals surface area contributed by atoms with Crippen LogP contribution in [0, 0.1) is 15.9 Å². The first kappa shape index (κ1) is 18.1. The highest BCUT2D eigenvalue weighted by Gasteiger charge is 2.16. The topological polar surface area (TPSA) is 93.5 Å². The highest BCUT2D eigenvalue weighted by molar-refractivity contribution is 5.85. The van der Waals surface area contributed by atoms with E-state index < -0.39 is 16.4 Å². The predicted molar refractivity (Wildman–Crippen MR) is 79.8 cm³/mol. The van der Waals surface area contributed by atoms with Gasteiger partial charge in [0.15, 0.2) is 6.61 Å². The fourth-order valence-electron chi connectivity index (χ4n) is 2.09. The molecule has 0 spiro atoms. The standard InChI is InChI=1S/C13H16FN3O4.ClH/c14-11-6-10(3-4-12(11)17(19)20)21-8-13(18)16-7-9-2-1-5-15-9;/h3-4,6,9,15H,1-2,5,7-8H2,(H,16,18);1H. The molecule has 1 saturated heterocycles. The zero-order valence-corrected chi connectivity index (χ0v) is 12.5. The summed E-state index contributed by atoms with van der Waals surface area (Å²) in [6.45, 7) is 1.22. The van der Waals surface area contributed by atoms with Crippen molar-refractivity contribution in [2.45, 2.75) is 18.9 Å². The number of carbonyl (C=O) groups is 1. The van der Waals surface area contributed by atoms with Crippen LogP contribution in [0.2, 0.25) is 0 Å². The van der Waals surface area contributed by atoms with Crippen molar-refractivity contribution in [2.75, 3.05) is 19.7 Å². The van der Waals surface area contributed by atoms with E-state index in [1.54, 1.807) is 0 Å². The van der Waals surface area contributed by atoms with E-state index in [-0.39, 0.29) is 36.7 Å². The molecule has 1 aliphatic heterocycles. The molecule has 1 unspecified atom stereocenters. The van der Waals surface area contributed by atoms with Crippen LogP contribution in [0.15, 0.2) is 18.2 Å². The zero-order chi connectivity index (χ0) is 15.2. The Balaban J connectivity index is 0.00000242. The van der Waals surface area contributed by atoms with Crippen LogP contribution >= 0.6 is 12.4 Å². The van der Waals surface area contributed by atoms with E-state index in [4.69, 9.17) is 4.74 Å². The van der Waals surface area contributed by atoms with Crippen molar-refractivity contribution in [2.24, 2.45) is 0 Å². The Hall–Kier alpha value is -1.93. The van der Waals surface area contributed by atoms with Gasteiger partial charge in [-0.15, -0.1) is 12.4 Å². The molecule has 0 aliphatic carbocycles. The van der Waals surface area contributed by atoms with Gasteiger partial charge in [0.1, 0.15) is 5.75 Å². The Morgan fingerprint density at radius 1 is 1.55 bits per heavy atom. The van der Waals surface area contributed by atoms with Crippen LogP contribution in [0.25, 0.3) is 0 Å². The van der Waals surface area contributed by atoms with Gasteiger partial charge in [-0.2, -0.15) is 4.39 Å². The fourth-order valence-corrected chi connectivity index (χ4v) is 2.09. The normalized spacial score (nSPS) is 16.7. The smallest absolute Gasteiger partial charge is 0.305 e. The second kappa shape index (κ2) is 8.50. The maximum atomic E-state index is 13.3. The first-order valence-electron chi connectivity index (χ1n) is 6.63. The monoisotopic (exact) mass is 333 g/mol. The average molecular weight is 334 g/mol. The first-order valence-corrected chi connectivity index (χ1v) is 6.63. The van der Waals surface area contributed by atoms with Gasteiger partial charge in [-0.25, -0.2) is 0 Å². The lowest BCUT2D eigenvalue weighted by Gasteiger charge is -2.12. The van der Waals surface area contributed by atoms with Gasteiger partial charge >= 0.3 is 5.69 Å². The van der Waals surface area contributed by atoms with E-state index in [9.17, 15) is 19.3 Å². The minimum absolute atomic E-state index is 0. The van der Waals surface area contributed by atoms with E-state index in [2.05, 4.69) is 10.6 Å². The molecular weight excluding hydrogens is 317 g/mol. The molecule has 22 heavy (non-hydrogen) atoms. The highest BCUT2D eigenvalue weighted by atomic mass is 35.5. The van der Waals surface area contributed by atoms with Gasteiger partial charge < -0.3 is 15.4 Å². The van der Waals surface area contributed by atoms with Crippen LogP contribution in [-0.4, -0.2) is 36.6 Å². The number of benzene rings is 1. The quantitative estimate of drug-likeness (QED) is 0.606. The van der Waals surface area contributed by atoms with E-state index in [0.717, 1.165) is 31.5 Å². The zero-order valence-electron chi connectivity index (χ0n) is 11.7. The molecule has 1 atom stereocenters. The van der Waals surface area contributed by atoms with Crippen LogP contribution in [0.5, 0.6) is 5.75 Å². The fraction of sp³-hybridized carbons (Fsp3) is 0.462. The molecule has 122 valence electrons. The lowest BCUT2D eigenvalue weighted by atomic mass is 10.2. The SMILES string of the molecule is Cl.O=C(COc1ccc([N+](=O)[O-])c(F)c1)NCC1CCCN1. The van der Waals surface area contributed by atoms with Crippen molar-refractivity contribution >= 4 is 24.0 Å². The van der Waals surface area contributed by atoms with E-state index in [1.807, 2.05) is 0 Å². The summed E-state index contributed by atoms with van der Waals surface area (Å²) >= 11 is 0. The molecule has 1 heterocycles. The van der Waals surface area contributed by atoms with Gasteiger partial charge in [-0.05, 0) is 25.5 Å². The van der Waals surface area contributed by atoms with Crippen molar-refractivity contribution in [3.8, 4) is 5.75 Å². The number of nitro groups is 1. The number of nitrogens with one attached hydrogen (secondary N) is 2. The number of hydrogen-bond donors (Lipinski definition) is 2. The summed E-state index contributed by atoms with van der Waals surface area (Å²) in [6.07, 6.45) is 2.12. The summed E-state index contributed by atoms with van der Waals surface area (Å²) in [5.74, 6) is -1.23. The lowest BCUT2D eigenvalue weighted by Crippen LogP contribution is -2.39. The molecular formula is C13H17ClFN3O4. The van der Waals surface area contributed by atoms with Gasteiger partial charge in [0, 0.05) is 24.7 Å². The van der Waals surface area contributed by atoms with Crippen LogP contribution in [0.3, 0.4) is 0 Å². The predicted octanol–water partition coefficient (Wildman–Crippen LogP) is 1.40. The van der Waals surface area contributed by atoms with Gasteiger partial charge in [0.2, 0.25) is 5.82 Å². The summed E-state index contributed by atoms with van der Waals surface area (Å²) in [5, 5.41) is 16.4. The van der Waals surface area contributed by atoms with Crippen molar-refractivity contribution in [1.29, 1.82) is 0 Å². The van der Waals surface area contributed by atoms with Crippen molar-refractivity contribution in [1.82, 2.24) is 10.6 Å². The summed E-state index contributed by atoms with van der Waals surface area (Å²) in [5.41, 5.74) is -0.626. The van der Waals surface area contributed by atoms with Crippen LogP contribution in [0.4, 0.5) is 10.1 Å². The second-order valence-electron chi connectivity index (χ2n) is 4.76. The molecule has 1 fully saturated rings. The van der Waals surface area contributed by atoms with Crippen LogP contribution in [-0.2, 0) is 4.79 Å². The maximum absolute atomic E-state index is 13.3. The summed E-state index contributed by atoms with van der Waals surface area (Å²) in [7, 11) is 0. The molecule has 0 aromatic heterocycles. The van der Waals surface area contributed by atoms with Crippen LogP contribution < -0.4 is 15.4 Å². The maximum Gasteiger partial charge on any atom is 0.305 e. The third-order valence-corrected chi connectivity index (χ3v) is 3.19. The number of ether oxygens (including phenoxy) is 1. The van der Waals surface area contributed by atoms with Crippen molar-refractivity contribution < 1.29 is 18.8 Å². The number of rotatable bonds is 6. The van der Waals surface area contributed by atoms with E-state index >= 15 is 0 Å². The molecule has 0 bridgehead atoms. The average Bonchev–Trinajstić information content (AvgIpc) is 2.95. The third kappa shape index (κ3) is 5.12. The Bertz CT molecular complexity index is 538. The largest absolute Gasteiger partial charge is 0.484 e. The lowest BCUT2D eigenvalue weighted by molar-refractivity contribution is -0.387. The summed E-state index contributed by atoms with van der Waals surface area (Å²) in [6, 6.07) is 3.44. The molecule has 1 aromatic rings. The Morgan fingerprint density at radius 3 is 2.91 bits per heavy atom. The number of hydrogen-bond acceptors (Lipinski definition) is 5. The minimum Gasteiger partial charge on any atom is -0.484 e. The van der Waals surface area contributed by atoms with Gasteiger partial charge in [0.05, 0.1) is 4.92 Å². The molecule has 1 aromatic carbocycles. The number of nitro benzene ring substituents is 1. The third-order valence-electron chi connectivity index (χ3n) is 3.19. The second-order valence-corrected chi connectivity index (χ2v) is 4.76. The molecule has 2 rings (SSSR count). The molecule has 0 saturated carbocycles. The Morgan fingerprint density at radius 2 is 2.32 bits per heavy atom. The number of nitrogens with zero attached hydrogens (tertiary/aromatic N) is 1. The molecule has 1 aliphatic rings. The van der Waals surface area contributed by atoms with Crippen molar-refractivity contribution in [3.05, 3.63) is 34.1 Å². The molecule has 2 N–H and O–H groups in total. The highest BCUT2D eigenvalue weighted by Crippen LogP contribution is 2.22. The Labute approximate surface area is 132 Å². The molecule has 1 amide bonds. The van der Waals surface area contributed by atoms with Crippen molar-refractivity contribution in [3.63, 3.8) is 0 Å². The minimum atomic E-state index is -0.993. The summed E-state index contributed by atoms with van der Waals surface area (Å²) < 4.78 is 18.5. The molecule has 7 nitrogen and oxygen atoms in total. The van der Waals surface area contributed by atoms with E-state index in [1.165, 1.54) is 6.07 Å². The summed E-state index contributed by atoms with van der Waals surface area (Å²) in [4.78, 5) is 21.2. The molecule has 0 radical (unpaired) electrons. The van der Waals surface area contributed by atoms with Gasteiger partial charge in [0.25, 0.3) is 5.91 Å². The molecule has 9 heteroatoms.